The average Bonchev–Trinajstić information content (AvgIpc) is 3.22. The van der Waals surface area contributed by atoms with Gasteiger partial charge < -0.3 is 19.9 Å². The topological polar surface area (TPSA) is 65.1 Å². The number of hydrogen-bond donors (Lipinski definition) is 1. The van der Waals surface area contributed by atoms with Gasteiger partial charge in [0.05, 0.1) is 24.0 Å². The van der Waals surface area contributed by atoms with Gasteiger partial charge in [-0.05, 0) is 37.0 Å². The van der Waals surface area contributed by atoms with Gasteiger partial charge in [0, 0.05) is 45.8 Å². The van der Waals surface area contributed by atoms with Gasteiger partial charge in [0.15, 0.2) is 0 Å². The van der Waals surface area contributed by atoms with Crippen LogP contribution in [0.3, 0.4) is 0 Å². The van der Waals surface area contributed by atoms with E-state index in [0.29, 0.717) is 30.3 Å². The predicted octanol–water partition coefficient (Wildman–Crippen LogP) is 2.88. The molecule has 0 radical (unpaired) electrons. The van der Waals surface area contributed by atoms with E-state index in [0.717, 1.165) is 51.3 Å². The van der Waals surface area contributed by atoms with E-state index in [1.807, 2.05) is 11.0 Å². The summed E-state index contributed by atoms with van der Waals surface area (Å²) in [6.45, 7) is 10.7. The van der Waals surface area contributed by atoms with Gasteiger partial charge in [-0.15, -0.1) is 0 Å². The lowest BCUT2D eigenvalue weighted by Gasteiger charge is -2.35. The maximum Gasteiger partial charge on any atom is 0.337 e. The fourth-order valence-corrected chi connectivity index (χ4v) is 3.96. The van der Waals surface area contributed by atoms with Gasteiger partial charge in [-0.3, -0.25) is 4.90 Å². The summed E-state index contributed by atoms with van der Waals surface area (Å²) in [5.41, 5.74) is 2.10. The normalized spacial score (nSPS) is 17.9. The van der Waals surface area contributed by atoms with Crippen LogP contribution >= 0.6 is 0 Å². The summed E-state index contributed by atoms with van der Waals surface area (Å²) in [6.07, 6.45) is 2.29. The zero-order chi connectivity index (χ0) is 20.1. The largest absolute Gasteiger partial charge is 0.465 e. The van der Waals surface area contributed by atoms with Crippen LogP contribution in [0.1, 0.15) is 37.0 Å². The first-order valence-corrected chi connectivity index (χ1v) is 10.2. The van der Waals surface area contributed by atoms with E-state index in [2.05, 4.69) is 29.0 Å². The molecule has 1 aromatic carbocycles. The van der Waals surface area contributed by atoms with Crippen molar-refractivity contribution in [3.63, 3.8) is 0 Å². The predicted molar refractivity (Wildman–Crippen MR) is 111 cm³/mol. The molecule has 0 aromatic heterocycles. The number of ether oxygens (including phenoxy) is 1. The summed E-state index contributed by atoms with van der Waals surface area (Å²) in [5, 5.41) is 3.05. The Kier molecular flexibility index (Phi) is 6.78. The van der Waals surface area contributed by atoms with Crippen molar-refractivity contribution in [3.8, 4) is 0 Å². The van der Waals surface area contributed by atoms with E-state index >= 15 is 0 Å². The van der Waals surface area contributed by atoms with Crippen molar-refractivity contribution in [2.75, 3.05) is 63.1 Å². The molecule has 0 spiro atoms. The molecular formula is C21H32N4O3. The van der Waals surface area contributed by atoms with Crippen molar-refractivity contribution >= 4 is 23.4 Å². The van der Waals surface area contributed by atoms with Gasteiger partial charge in [0.1, 0.15) is 0 Å². The first-order valence-electron chi connectivity index (χ1n) is 10.2. The zero-order valence-corrected chi connectivity index (χ0v) is 17.2. The molecule has 1 aromatic rings. The molecule has 0 bridgehead atoms. The van der Waals surface area contributed by atoms with E-state index in [1.54, 1.807) is 12.1 Å². The molecule has 0 unspecified atom stereocenters. The number of carbonyl (C=O) groups excluding carboxylic acids is 2. The zero-order valence-electron chi connectivity index (χ0n) is 17.2. The Morgan fingerprint density at radius 2 is 1.75 bits per heavy atom. The summed E-state index contributed by atoms with van der Waals surface area (Å²) in [4.78, 5) is 31.3. The summed E-state index contributed by atoms with van der Waals surface area (Å²) in [6, 6.07) is 5.30. The molecule has 3 rings (SSSR count). The number of amides is 2. The van der Waals surface area contributed by atoms with Crippen molar-refractivity contribution in [3.05, 3.63) is 23.8 Å². The van der Waals surface area contributed by atoms with Gasteiger partial charge in [-0.25, -0.2) is 9.59 Å². The van der Waals surface area contributed by atoms with E-state index in [1.165, 1.54) is 7.11 Å². The molecule has 28 heavy (non-hydrogen) atoms. The van der Waals surface area contributed by atoms with E-state index in [-0.39, 0.29) is 6.03 Å². The van der Waals surface area contributed by atoms with Crippen molar-refractivity contribution in [2.45, 2.75) is 26.7 Å². The minimum Gasteiger partial charge on any atom is -0.465 e. The number of hydrogen-bond acceptors (Lipinski definition) is 5. The minimum atomic E-state index is -0.397. The number of methoxy groups -OCH3 is 1. The highest BCUT2D eigenvalue weighted by molar-refractivity contribution is 5.97. The molecule has 2 saturated heterocycles. The summed E-state index contributed by atoms with van der Waals surface area (Å²) in [5.74, 6) is 0.232. The number of nitrogens with one attached hydrogen (secondary N) is 1. The monoisotopic (exact) mass is 388 g/mol. The van der Waals surface area contributed by atoms with Crippen molar-refractivity contribution in [1.82, 2.24) is 9.80 Å². The van der Waals surface area contributed by atoms with Crippen LogP contribution in [-0.4, -0.2) is 74.7 Å². The maximum absolute atomic E-state index is 12.9. The number of nitrogens with zero attached hydrogens (tertiary/aromatic N) is 3. The maximum atomic E-state index is 12.9. The fourth-order valence-electron chi connectivity index (χ4n) is 3.96. The third-order valence-corrected chi connectivity index (χ3v) is 5.39. The Labute approximate surface area is 167 Å². The summed E-state index contributed by atoms with van der Waals surface area (Å²) < 4.78 is 4.84. The van der Waals surface area contributed by atoms with Gasteiger partial charge >= 0.3 is 12.0 Å². The molecule has 7 nitrogen and oxygen atoms in total. The number of benzene rings is 1. The van der Waals surface area contributed by atoms with E-state index < -0.39 is 5.97 Å². The molecule has 2 aliphatic heterocycles. The highest BCUT2D eigenvalue weighted by atomic mass is 16.5. The fraction of sp³-hybridized carbons (Fsp3) is 0.619. The lowest BCUT2D eigenvalue weighted by molar-refractivity contribution is 0.0600. The molecule has 2 heterocycles. The molecule has 154 valence electrons. The highest BCUT2D eigenvalue weighted by Gasteiger charge is 2.24. The summed E-state index contributed by atoms with van der Waals surface area (Å²) >= 11 is 0. The molecule has 2 fully saturated rings. The van der Waals surface area contributed by atoms with Crippen molar-refractivity contribution < 1.29 is 14.3 Å². The number of piperazine rings is 1. The van der Waals surface area contributed by atoms with Gasteiger partial charge in [0.2, 0.25) is 0 Å². The second-order valence-corrected chi connectivity index (χ2v) is 8.03. The Bertz CT molecular complexity index is 693. The molecule has 2 amide bonds. The van der Waals surface area contributed by atoms with Crippen LogP contribution in [-0.2, 0) is 4.74 Å². The lowest BCUT2D eigenvalue weighted by atomic mass is 10.1. The van der Waals surface area contributed by atoms with Gasteiger partial charge in [-0.1, -0.05) is 13.8 Å². The van der Waals surface area contributed by atoms with Crippen LogP contribution in [0, 0.1) is 5.92 Å². The Balaban J connectivity index is 1.71. The molecular weight excluding hydrogens is 356 g/mol. The van der Waals surface area contributed by atoms with Crippen LogP contribution in [0.2, 0.25) is 0 Å². The third kappa shape index (κ3) is 4.95. The van der Waals surface area contributed by atoms with Crippen LogP contribution in [0.15, 0.2) is 18.2 Å². The number of carbonyl (C=O) groups is 2. The second-order valence-electron chi connectivity index (χ2n) is 8.03. The highest BCUT2D eigenvalue weighted by Crippen LogP contribution is 2.30. The van der Waals surface area contributed by atoms with E-state index in [9.17, 15) is 9.59 Å². The van der Waals surface area contributed by atoms with E-state index in [4.69, 9.17) is 4.74 Å². The number of esters is 1. The number of rotatable bonds is 5. The quantitative estimate of drug-likeness (QED) is 0.786. The molecule has 0 aliphatic carbocycles. The first-order chi connectivity index (χ1) is 13.5. The second kappa shape index (κ2) is 9.28. The minimum absolute atomic E-state index is 0.105. The smallest absolute Gasteiger partial charge is 0.337 e. The standard InChI is InChI=1S/C21H32N4O3/c1-16(2)15-23-10-12-25(13-11-23)21(27)22-18-14-17(20(26)28-3)6-7-19(18)24-8-4-5-9-24/h6-7,14,16H,4-5,8-13,15H2,1-3H3,(H,22,27). The van der Waals surface area contributed by atoms with Crippen molar-refractivity contribution in [2.24, 2.45) is 5.92 Å². The van der Waals surface area contributed by atoms with Crippen LogP contribution in [0.4, 0.5) is 16.2 Å². The molecule has 1 N–H and O–H groups in total. The van der Waals surface area contributed by atoms with Crippen LogP contribution in [0.25, 0.3) is 0 Å². The van der Waals surface area contributed by atoms with Crippen LogP contribution < -0.4 is 10.2 Å². The third-order valence-electron chi connectivity index (χ3n) is 5.39. The lowest BCUT2D eigenvalue weighted by Crippen LogP contribution is -2.50. The number of urea groups is 1. The summed E-state index contributed by atoms with van der Waals surface area (Å²) in [7, 11) is 1.37. The van der Waals surface area contributed by atoms with Crippen molar-refractivity contribution in [1.29, 1.82) is 0 Å². The van der Waals surface area contributed by atoms with Crippen LogP contribution in [0.5, 0.6) is 0 Å². The van der Waals surface area contributed by atoms with Gasteiger partial charge in [0.25, 0.3) is 0 Å². The molecule has 0 saturated carbocycles. The molecule has 7 heteroatoms. The molecule has 0 atom stereocenters. The molecule has 2 aliphatic rings. The first kappa shape index (κ1) is 20.5. The number of anilines is 2. The SMILES string of the molecule is COC(=O)c1ccc(N2CCCC2)c(NC(=O)N2CCN(CC(C)C)CC2)c1. The Morgan fingerprint density at radius 3 is 2.36 bits per heavy atom. The van der Waals surface area contributed by atoms with Gasteiger partial charge in [-0.2, -0.15) is 0 Å². The Morgan fingerprint density at radius 1 is 1.07 bits per heavy atom. The average molecular weight is 389 g/mol. The Hall–Kier alpha value is -2.28.